The molecule has 0 aliphatic rings. The highest BCUT2D eigenvalue weighted by Gasteiger charge is 2.30. The number of para-hydroxylation sites is 2. The fraction of sp³-hybridized carbons (Fsp3) is 0.167. The molecule has 0 aliphatic carbocycles. The van der Waals surface area contributed by atoms with Gasteiger partial charge in [-0.05, 0) is 42.0 Å². The Morgan fingerprint density at radius 2 is 1.93 bits per heavy atom. The van der Waals surface area contributed by atoms with E-state index in [1.807, 2.05) is 12.1 Å². The zero-order chi connectivity index (χ0) is 20.1. The molecule has 0 unspecified atom stereocenters. The first-order valence-corrected chi connectivity index (χ1v) is 8.52. The Labute approximate surface area is 164 Å². The second-order valence-corrected chi connectivity index (χ2v) is 6.15. The molecule has 0 bridgehead atoms. The van der Waals surface area contributed by atoms with Gasteiger partial charge in [0.25, 0.3) is 0 Å². The van der Waals surface area contributed by atoms with Crippen LogP contribution in [0.4, 0.5) is 24.8 Å². The van der Waals surface area contributed by atoms with Gasteiger partial charge in [-0.15, -0.1) is 5.10 Å². The van der Waals surface area contributed by atoms with E-state index in [-0.39, 0.29) is 17.6 Å². The van der Waals surface area contributed by atoms with Gasteiger partial charge in [0.15, 0.2) is 5.11 Å². The Balaban J connectivity index is 1.63. The van der Waals surface area contributed by atoms with Gasteiger partial charge in [0.05, 0.1) is 24.9 Å². The normalized spacial score (nSPS) is 11.1. The van der Waals surface area contributed by atoms with Gasteiger partial charge in [0.1, 0.15) is 12.1 Å². The Kier molecular flexibility index (Phi) is 5.78. The van der Waals surface area contributed by atoms with E-state index in [1.54, 1.807) is 25.3 Å². The number of nitrogens with one attached hydrogen (secondary N) is 2. The number of methoxy groups -OCH3 is 1. The van der Waals surface area contributed by atoms with Crippen LogP contribution in [0, 0.1) is 0 Å². The zero-order valence-electron chi connectivity index (χ0n) is 14.7. The Hall–Kier alpha value is -3.14. The summed E-state index contributed by atoms with van der Waals surface area (Å²) in [5.41, 5.74) is 0.428. The maximum absolute atomic E-state index is 12.8. The molecule has 2 N–H and O–H groups in total. The molecule has 0 atom stereocenters. The van der Waals surface area contributed by atoms with Crippen LogP contribution in [0.5, 0.6) is 5.75 Å². The lowest BCUT2D eigenvalue weighted by atomic mass is 10.1. The van der Waals surface area contributed by atoms with Crippen LogP contribution in [-0.4, -0.2) is 27.0 Å². The van der Waals surface area contributed by atoms with Gasteiger partial charge in [-0.3, -0.25) is 5.32 Å². The van der Waals surface area contributed by atoms with Crippen molar-refractivity contribution < 1.29 is 17.9 Å². The number of ether oxygens (including phenoxy) is 1. The van der Waals surface area contributed by atoms with Gasteiger partial charge in [-0.2, -0.15) is 13.2 Å². The molecule has 6 nitrogen and oxygen atoms in total. The minimum Gasteiger partial charge on any atom is -0.495 e. The lowest BCUT2D eigenvalue weighted by Gasteiger charge is -2.11. The first-order chi connectivity index (χ1) is 13.3. The third kappa shape index (κ3) is 4.97. The minimum atomic E-state index is -4.39. The summed E-state index contributed by atoms with van der Waals surface area (Å²) in [4.78, 5) is 4.07. The summed E-state index contributed by atoms with van der Waals surface area (Å²) in [6.45, 7) is 0.144. The highest BCUT2D eigenvalue weighted by molar-refractivity contribution is 7.80. The van der Waals surface area contributed by atoms with Gasteiger partial charge in [-0.1, -0.05) is 24.3 Å². The molecule has 1 aromatic heterocycles. The number of aromatic nitrogens is 3. The van der Waals surface area contributed by atoms with Gasteiger partial charge < -0.3 is 10.1 Å². The van der Waals surface area contributed by atoms with Crippen molar-refractivity contribution in [1.82, 2.24) is 14.8 Å². The molecule has 0 saturated carbocycles. The molecule has 0 amide bonds. The van der Waals surface area contributed by atoms with Crippen molar-refractivity contribution in [2.24, 2.45) is 0 Å². The largest absolute Gasteiger partial charge is 0.495 e. The average Bonchev–Trinajstić information content (AvgIpc) is 3.08. The van der Waals surface area contributed by atoms with E-state index in [1.165, 1.54) is 17.1 Å². The van der Waals surface area contributed by atoms with Crippen LogP contribution in [0.3, 0.4) is 0 Å². The molecule has 0 saturated heterocycles. The standard InChI is InChI=1S/C18H16F3N5OS/c1-27-15-8-3-2-7-14(15)23-17(28)24-16-22-11-26(25-16)10-12-5-4-6-13(9-12)18(19,20)21/h2-9,11H,10H2,1H3,(H2,23,24,25,28). The summed E-state index contributed by atoms with van der Waals surface area (Å²) in [6.07, 6.45) is -2.98. The van der Waals surface area contributed by atoms with Crippen molar-refractivity contribution in [1.29, 1.82) is 0 Å². The second kappa shape index (κ2) is 8.26. The molecule has 1 heterocycles. The van der Waals surface area contributed by atoms with Gasteiger partial charge in [0, 0.05) is 0 Å². The van der Waals surface area contributed by atoms with Crippen molar-refractivity contribution >= 4 is 29.0 Å². The lowest BCUT2D eigenvalue weighted by molar-refractivity contribution is -0.137. The van der Waals surface area contributed by atoms with Gasteiger partial charge >= 0.3 is 6.18 Å². The number of alkyl halides is 3. The number of halogens is 3. The van der Waals surface area contributed by atoms with E-state index in [2.05, 4.69) is 20.7 Å². The van der Waals surface area contributed by atoms with E-state index in [9.17, 15) is 13.2 Å². The summed E-state index contributed by atoms with van der Waals surface area (Å²) in [7, 11) is 1.55. The molecule has 3 aromatic rings. The van der Waals surface area contributed by atoms with Crippen LogP contribution in [0.25, 0.3) is 0 Å². The summed E-state index contributed by atoms with van der Waals surface area (Å²) in [5, 5.41) is 10.2. The van der Waals surface area contributed by atoms with Gasteiger partial charge in [0.2, 0.25) is 5.95 Å². The van der Waals surface area contributed by atoms with Gasteiger partial charge in [-0.25, -0.2) is 9.67 Å². The molecule has 0 spiro atoms. The maximum Gasteiger partial charge on any atom is 0.416 e. The van der Waals surface area contributed by atoms with Crippen LogP contribution < -0.4 is 15.4 Å². The van der Waals surface area contributed by atoms with Crippen LogP contribution in [-0.2, 0) is 12.7 Å². The zero-order valence-corrected chi connectivity index (χ0v) is 15.5. The van der Waals surface area contributed by atoms with Crippen LogP contribution in [0.15, 0.2) is 54.9 Å². The molecule has 28 heavy (non-hydrogen) atoms. The lowest BCUT2D eigenvalue weighted by Crippen LogP contribution is -2.20. The first kappa shape index (κ1) is 19.6. The molecular formula is C18H16F3N5OS. The van der Waals surface area contributed by atoms with Crippen LogP contribution >= 0.6 is 12.2 Å². The highest BCUT2D eigenvalue weighted by atomic mass is 32.1. The molecule has 0 radical (unpaired) electrons. The van der Waals surface area contributed by atoms with Crippen molar-refractivity contribution in [3.05, 3.63) is 66.0 Å². The summed E-state index contributed by atoms with van der Waals surface area (Å²) >= 11 is 5.23. The summed E-state index contributed by atoms with van der Waals surface area (Å²) in [6, 6.07) is 12.3. The van der Waals surface area contributed by atoms with Crippen LogP contribution in [0.1, 0.15) is 11.1 Å². The number of rotatable bonds is 5. The van der Waals surface area contributed by atoms with E-state index in [0.29, 0.717) is 17.0 Å². The Morgan fingerprint density at radius 1 is 1.14 bits per heavy atom. The number of nitrogens with zero attached hydrogens (tertiary/aromatic N) is 3. The molecule has 146 valence electrons. The predicted molar refractivity (Wildman–Crippen MR) is 103 cm³/mol. The maximum atomic E-state index is 12.8. The fourth-order valence-corrected chi connectivity index (χ4v) is 2.67. The third-order valence-electron chi connectivity index (χ3n) is 3.72. The molecule has 2 aromatic carbocycles. The number of hydrogen-bond acceptors (Lipinski definition) is 4. The van der Waals surface area contributed by atoms with E-state index in [0.717, 1.165) is 12.1 Å². The molecule has 0 fully saturated rings. The summed E-state index contributed by atoms with van der Waals surface area (Å²) in [5.74, 6) is 0.842. The second-order valence-electron chi connectivity index (χ2n) is 5.74. The first-order valence-electron chi connectivity index (χ1n) is 8.12. The van der Waals surface area contributed by atoms with Crippen molar-refractivity contribution in [2.45, 2.75) is 12.7 Å². The van der Waals surface area contributed by atoms with E-state index in [4.69, 9.17) is 17.0 Å². The Bertz CT molecular complexity index is 974. The number of thiocarbonyl (C=S) groups is 1. The fourth-order valence-electron chi connectivity index (χ4n) is 2.46. The quantitative estimate of drug-likeness (QED) is 0.619. The topological polar surface area (TPSA) is 64.0 Å². The van der Waals surface area contributed by atoms with E-state index >= 15 is 0 Å². The number of benzene rings is 2. The highest BCUT2D eigenvalue weighted by Crippen LogP contribution is 2.29. The smallest absolute Gasteiger partial charge is 0.416 e. The predicted octanol–water partition coefficient (Wildman–Crippen LogP) is 4.16. The average molecular weight is 407 g/mol. The molecule has 0 aliphatic heterocycles. The van der Waals surface area contributed by atoms with Crippen molar-refractivity contribution in [3.8, 4) is 5.75 Å². The number of anilines is 2. The van der Waals surface area contributed by atoms with Crippen LogP contribution in [0.2, 0.25) is 0 Å². The van der Waals surface area contributed by atoms with Crippen molar-refractivity contribution in [2.75, 3.05) is 17.7 Å². The molecule has 3 rings (SSSR count). The van der Waals surface area contributed by atoms with Crippen molar-refractivity contribution in [3.63, 3.8) is 0 Å². The third-order valence-corrected chi connectivity index (χ3v) is 3.92. The Morgan fingerprint density at radius 3 is 2.68 bits per heavy atom. The minimum absolute atomic E-state index is 0.144. The SMILES string of the molecule is COc1ccccc1NC(=S)Nc1ncn(Cc2cccc(C(F)(F)F)c2)n1. The summed E-state index contributed by atoms with van der Waals surface area (Å²) < 4.78 is 45.1. The van der Waals surface area contributed by atoms with E-state index < -0.39 is 11.7 Å². The monoisotopic (exact) mass is 407 g/mol. The molecular weight excluding hydrogens is 391 g/mol. The number of hydrogen-bond donors (Lipinski definition) is 2. The molecule has 10 heteroatoms.